The van der Waals surface area contributed by atoms with Gasteiger partial charge in [0.05, 0.1) is 5.69 Å². The van der Waals surface area contributed by atoms with Crippen LogP contribution in [0, 0.1) is 0 Å². The van der Waals surface area contributed by atoms with Crippen LogP contribution in [-0.2, 0) is 4.79 Å². The van der Waals surface area contributed by atoms with Gasteiger partial charge in [0.1, 0.15) is 5.71 Å². The zero-order chi connectivity index (χ0) is 11.4. The number of amides is 1. The first kappa shape index (κ1) is 11.0. The van der Waals surface area contributed by atoms with Crippen molar-refractivity contribution in [3.05, 3.63) is 29.3 Å². The van der Waals surface area contributed by atoms with Crippen molar-refractivity contribution in [2.24, 2.45) is 5.10 Å². The SMILES string of the molecule is O=C1NCCC/C1=N/Nc1cccc(Cl)c1. The second kappa shape index (κ2) is 4.99. The largest absolute Gasteiger partial charge is 0.351 e. The molecule has 0 saturated carbocycles. The first-order chi connectivity index (χ1) is 7.75. The molecule has 0 aromatic heterocycles. The van der Waals surface area contributed by atoms with E-state index in [0.717, 1.165) is 18.7 Å². The van der Waals surface area contributed by atoms with E-state index in [-0.39, 0.29) is 5.91 Å². The summed E-state index contributed by atoms with van der Waals surface area (Å²) in [6, 6.07) is 7.21. The maximum atomic E-state index is 11.4. The van der Waals surface area contributed by atoms with Crippen LogP contribution >= 0.6 is 11.6 Å². The van der Waals surface area contributed by atoms with E-state index in [4.69, 9.17) is 11.6 Å². The number of nitrogens with one attached hydrogen (secondary N) is 2. The number of halogens is 1. The third-order valence-corrected chi connectivity index (χ3v) is 2.52. The minimum absolute atomic E-state index is 0.0965. The summed E-state index contributed by atoms with van der Waals surface area (Å²) in [4.78, 5) is 11.4. The van der Waals surface area contributed by atoms with Gasteiger partial charge in [-0.05, 0) is 31.0 Å². The van der Waals surface area contributed by atoms with E-state index in [1.165, 1.54) is 0 Å². The molecule has 0 radical (unpaired) electrons. The van der Waals surface area contributed by atoms with Gasteiger partial charge in [-0.25, -0.2) is 0 Å². The number of hydrogen-bond donors (Lipinski definition) is 2. The van der Waals surface area contributed by atoms with Gasteiger partial charge in [-0.2, -0.15) is 5.10 Å². The molecule has 0 aliphatic carbocycles. The minimum atomic E-state index is -0.0965. The number of rotatable bonds is 2. The molecule has 0 atom stereocenters. The Morgan fingerprint density at radius 2 is 2.31 bits per heavy atom. The highest BCUT2D eigenvalue weighted by Crippen LogP contribution is 2.15. The van der Waals surface area contributed by atoms with Gasteiger partial charge in [-0.1, -0.05) is 17.7 Å². The summed E-state index contributed by atoms with van der Waals surface area (Å²) in [6.07, 6.45) is 1.64. The summed E-state index contributed by atoms with van der Waals surface area (Å²) in [5.41, 5.74) is 4.14. The Morgan fingerprint density at radius 3 is 3.06 bits per heavy atom. The maximum absolute atomic E-state index is 11.4. The van der Waals surface area contributed by atoms with E-state index in [1.807, 2.05) is 12.1 Å². The molecule has 1 heterocycles. The molecule has 0 spiro atoms. The molecule has 0 unspecified atom stereocenters. The molecular weight excluding hydrogens is 226 g/mol. The van der Waals surface area contributed by atoms with Crippen molar-refractivity contribution in [1.29, 1.82) is 0 Å². The van der Waals surface area contributed by atoms with Crippen LogP contribution in [0.4, 0.5) is 5.69 Å². The third kappa shape index (κ3) is 2.73. The molecule has 16 heavy (non-hydrogen) atoms. The van der Waals surface area contributed by atoms with Crippen molar-refractivity contribution in [1.82, 2.24) is 5.32 Å². The van der Waals surface area contributed by atoms with Gasteiger partial charge in [0.2, 0.25) is 0 Å². The normalized spacial score (nSPS) is 18.3. The van der Waals surface area contributed by atoms with Gasteiger partial charge in [0.15, 0.2) is 0 Å². The first-order valence-electron chi connectivity index (χ1n) is 5.12. The summed E-state index contributed by atoms with van der Waals surface area (Å²) in [5.74, 6) is -0.0965. The molecule has 0 bridgehead atoms. The molecule has 1 aromatic rings. The van der Waals surface area contributed by atoms with Crippen molar-refractivity contribution in [2.45, 2.75) is 12.8 Å². The smallest absolute Gasteiger partial charge is 0.267 e. The standard InChI is InChI=1S/C11H12ClN3O/c12-8-3-1-4-9(7-8)14-15-10-5-2-6-13-11(10)16/h1,3-4,7,14H,2,5-6H2,(H,13,16)/b15-10-. The molecule has 84 valence electrons. The van der Waals surface area contributed by atoms with E-state index < -0.39 is 0 Å². The van der Waals surface area contributed by atoms with Crippen LogP contribution in [0.25, 0.3) is 0 Å². The van der Waals surface area contributed by atoms with E-state index in [1.54, 1.807) is 12.1 Å². The lowest BCUT2D eigenvalue weighted by Crippen LogP contribution is -2.37. The van der Waals surface area contributed by atoms with Crippen LogP contribution in [0.15, 0.2) is 29.4 Å². The van der Waals surface area contributed by atoms with Gasteiger partial charge in [0.25, 0.3) is 5.91 Å². The first-order valence-corrected chi connectivity index (χ1v) is 5.50. The zero-order valence-electron chi connectivity index (χ0n) is 8.66. The predicted octanol–water partition coefficient (Wildman–Crippen LogP) is 2.02. The molecular formula is C11H12ClN3O. The average Bonchev–Trinajstić information content (AvgIpc) is 2.28. The molecule has 2 N–H and O–H groups in total. The predicted molar refractivity (Wildman–Crippen MR) is 64.8 cm³/mol. The number of carbonyl (C=O) groups excluding carboxylic acids is 1. The lowest BCUT2D eigenvalue weighted by atomic mass is 10.1. The number of benzene rings is 1. The monoisotopic (exact) mass is 237 g/mol. The third-order valence-electron chi connectivity index (χ3n) is 2.28. The second-order valence-electron chi connectivity index (χ2n) is 3.54. The van der Waals surface area contributed by atoms with Gasteiger partial charge in [-0.15, -0.1) is 0 Å². The molecule has 1 fully saturated rings. The minimum Gasteiger partial charge on any atom is -0.351 e. The summed E-state index contributed by atoms with van der Waals surface area (Å²) in [7, 11) is 0. The van der Waals surface area contributed by atoms with Crippen molar-refractivity contribution in [3.8, 4) is 0 Å². The molecule has 1 saturated heterocycles. The highest BCUT2D eigenvalue weighted by Gasteiger charge is 2.15. The number of hydrazone groups is 1. The van der Waals surface area contributed by atoms with Crippen LogP contribution in [0.1, 0.15) is 12.8 Å². The van der Waals surface area contributed by atoms with E-state index in [9.17, 15) is 4.79 Å². The highest BCUT2D eigenvalue weighted by molar-refractivity contribution is 6.39. The van der Waals surface area contributed by atoms with Gasteiger partial charge in [0, 0.05) is 11.6 Å². The number of hydrogen-bond acceptors (Lipinski definition) is 3. The molecule has 2 rings (SSSR count). The van der Waals surface area contributed by atoms with Crippen molar-refractivity contribution >= 4 is 28.9 Å². The maximum Gasteiger partial charge on any atom is 0.267 e. The van der Waals surface area contributed by atoms with E-state index in [2.05, 4.69) is 15.8 Å². The van der Waals surface area contributed by atoms with Gasteiger partial charge in [-0.3, -0.25) is 10.2 Å². The summed E-state index contributed by atoms with van der Waals surface area (Å²) >= 11 is 5.83. The molecule has 4 nitrogen and oxygen atoms in total. The Bertz CT molecular complexity index is 431. The van der Waals surface area contributed by atoms with Gasteiger partial charge >= 0.3 is 0 Å². The Hall–Kier alpha value is -1.55. The van der Waals surface area contributed by atoms with Crippen LogP contribution < -0.4 is 10.7 Å². The zero-order valence-corrected chi connectivity index (χ0v) is 9.42. The molecule has 1 aliphatic heterocycles. The second-order valence-corrected chi connectivity index (χ2v) is 3.98. The Kier molecular flexibility index (Phi) is 3.41. The van der Waals surface area contributed by atoms with Crippen LogP contribution in [-0.4, -0.2) is 18.2 Å². The fourth-order valence-electron chi connectivity index (χ4n) is 1.47. The van der Waals surface area contributed by atoms with Crippen molar-refractivity contribution in [3.63, 3.8) is 0 Å². The molecule has 5 heteroatoms. The Morgan fingerprint density at radius 1 is 1.44 bits per heavy atom. The molecule has 1 aliphatic rings. The molecule has 1 amide bonds. The van der Waals surface area contributed by atoms with Crippen molar-refractivity contribution in [2.75, 3.05) is 12.0 Å². The average molecular weight is 238 g/mol. The lowest BCUT2D eigenvalue weighted by molar-refractivity contribution is -0.115. The Labute approximate surface area is 98.7 Å². The van der Waals surface area contributed by atoms with Gasteiger partial charge < -0.3 is 5.32 Å². The Balaban J connectivity index is 2.05. The highest BCUT2D eigenvalue weighted by atomic mass is 35.5. The fraction of sp³-hybridized carbons (Fsp3) is 0.273. The topological polar surface area (TPSA) is 53.5 Å². The summed E-state index contributed by atoms with van der Waals surface area (Å²) < 4.78 is 0. The summed E-state index contributed by atoms with van der Waals surface area (Å²) in [5, 5.41) is 7.45. The van der Waals surface area contributed by atoms with Crippen LogP contribution in [0.2, 0.25) is 5.02 Å². The number of piperidine rings is 1. The van der Waals surface area contributed by atoms with Crippen LogP contribution in [0.5, 0.6) is 0 Å². The van der Waals surface area contributed by atoms with E-state index >= 15 is 0 Å². The quantitative estimate of drug-likeness (QED) is 0.774. The lowest BCUT2D eigenvalue weighted by Gasteiger charge is -2.13. The van der Waals surface area contributed by atoms with Crippen LogP contribution in [0.3, 0.4) is 0 Å². The number of anilines is 1. The van der Waals surface area contributed by atoms with Crippen molar-refractivity contribution < 1.29 is 4.79 Å². The summed E-state index contributed by atoms with van der Waals surface area (Å²) in [6.45, 7) is 0.731. The van der Waals surface area contributed by atoms with E-state index in [0.29, 0.717) is 17.2 Å². The number of nitrogens with zero attached hydrogens (tertiary/aromatic N) is 1. The fourth-order valence-corrected chi connectivity index (χ4v) is 1.66. The number of carbonyl (C=O) groups is 1. The molecule has 1 aromatic carbocycles.